The van der Waals surface area contributed by atoms with Crippen LogP contribution < -0.4 is 0 Å². The van der Waals surface area contributed by atoms with Crippen LogP contribution in [0.2, 0.25) is 0 Å². The summed E-state index contributed by atoms with van der Waals surface area (Å²) in [7, 11) is 0. The average molecular weight is 223 g/mol. The lowest BCUT2D eigenvalue weighted by molar-refractivity contribution is 0.148. The Hall–Kier alpha value is -1.13. The summed E-state index contributed by atoms with van der Waals surface area (Å²) in [6.07, 6.45) is -0.0740. The Morgan fingerprint density at radius 2 is 2.27 bits per heavy atom. The quantitative estimate of drug-likeness (QED) is 0.870. The fourth-order valence-electron chi connectivity index (χ4n) is 1.39. The molecule has 2 aromatic heterocycles. The molecule has 15 heavy (non-hydrogen) atoms. The van der Waals surface area contributed by atoms with Gasteiger partial charge in [0.2, 0.25) is 0 Å². The number of hydrogen-bond acceptors (Lipinski definition) is 4. The van der Waals surface area contributed by atoms with E-state index in [0.29, 0.717) is 12.2 Å². The molecule has 1 unspecified atom stereocenters. The fraction of sp³-hybridized carbons (Fsp3) is 0.364. The van der Waals surface area contributed by atoms with E-state index in [1.54, 1.807) is 17.4 Å². The second kappa shape index (κ2) is 4.16. The van der Waals surface area contributed by atoms with Gasteiger partial charge in [-0.05, 0) is 26.0 Å². The molecule has 0 fully saturated rings. The molecule has 2 heterocycles. The second-order valence-corrected chi connectivity index (χ2v) is 4.49. The van der Waals surface area contributed by atoms with E-state index < -0.39 is 6.10 Å². The summed E-state index contributed by atoms with van der Waals surface area (Å²) in [5.41, 5.74) is 0.998. The van der Waals surface area contributed by atoms with Gasteiger partial charge >= 0.3 is 0 Å². The van der Waals surface area contributed by atoms with Gasteiger partial charge < -0.3 is 9.52 Å². The van der Waals surface area contributed by atoms with Gasteiger partial charge in [-0.3, -0.25) is 0 Å². The maximum Gasteiger partial charge on any atom is 0.133 e. The van der Waals surface area contributed by atoms with Crippen molar-refractivity contribution in [1.82, 2.24) is 4.98 Å². The Kier molecular flexibility index (Phi) is 2.88. The van der Waals surface area contributed by atoms with Crippen LogP contribution in [0.5, 0.6) is 0 Å². The number of furan rings is 1. The SMILES string of the molecule is Cc1csc(CC(O)c2ccc(C)o2)n1. The minimum Gasteiger partial charge on any atom is -0.464 e. The van der Waals surface area contributed by atoms with Crippen LogP contribution in [0.25, 0.3) is 0 Å². The zero-order chi connectivity index (χ0) is 10.8. The van der Waals surface area contributed by atoms with E-state index >= 15 is 0 Å². The number of thiazole rings is 1. The van der Waals surface area contributed by atoms with Gasteiger partial charge in [-0.25, -0.2) is 4.98 Å². The predicted octanol–water partition coefficient (Wildman–Crippen LogP) is 2.63. The number of aryl methyl sites for hydroxylation is 2. The first-order valence-electron chi connectivity index (χ1n) is 4.80. The zero-order valence-electron chi connectivity index (χ0n) is 8.73. The van der Waals surface area contributed by atoms with Crippen molar-refractivity contribution in [1.29, 1.82) is 0 Å². The summed E-state index contributed by atoms with van der Waals surface area (Å²) < 4.78 is 5.35. The van der Waals surface area contributed by atoms with Crippen LogP contribution in [-0.4, -0.2) is 10.1 Å². The first-order valence-corrected chi connectivity index (χ1v) is 5.68. The van der Waals surface area contributed by atoms with E-state index in [1.165, 1.54) is 0 Å². The molecule has 0 aliphatic carbocycles. The van der Waals surface area contributed by atoms with Crippen molar-refractivity contribution in [3.05, 3.63) is 39.7 Å². The Morgan fingerprint density at radius 3 is 2.80 bits per heavy atom. The van der Waals surface area contributed by atoms with E-state index in [0.717, 1.165) is 16.5 Å². The molecule has 1 atom stereocenters. The van der Waals surface area contributed by atoms with Crippen molar-refractivity contribution in [2.45, 2.75) is 26.4 Å². The molecule has 0 amide bonds. The summed E-state index contributed by atoms with van der Waals surface area (Å²) in [6.45, 7) is 3.81. The number of aromatic nitrogens is 1. The molecular formula is C11H13NO2S. The van der Waals surface area contributed by atoms with E-state index in [1.807, 2.05) is 25.3 Å². The fourth-order valence-corrected chi connectivity index (χ4v) is 2.21. The molecule has 2 rings (SSSR count). The summed E-state index contributed by atoms with van der Waals surface area (Å²) in [5, 5.41) is 12.8. The maximum absolute atomic E-state index is 9.87. The lowest BCUT2D eigenvalue weighted by Gasteiger charge is -2.04. The van der Waals surface area contributed by atoms with Crippen LogP contribution in [0.1, 0.15) is 28.3 Å². The monoisotopic (exact) mass is 223 g/mol. The third-order valence-corrected chi connectivity index (χ3v) is 3.11. The first kappa shape index (κ1) is 10.4. The van der Waals surface area contributed by atoms with Gasteiger partial charge in [0.1, 0.15) is 17.6 Å². The highest BCUT2D eigenvalue weighted by Crippen LogP contribution is 2.22. The molecule has 0 bridgehead atoms. The molecule has 2 aromatic rings. The molecule has 0 aliphatic heterocycles. The van der Waals surface area contributed by atoms with Crippen molar-refractivity contribution in [3.63, 3.8) is 0 Å². The Morgan fingerprint density at radius 1 is 1.47 bits per heavy atom. The lowest BCUT2D eigenvalue weighted by atomic mass is 10.2. The summed E-state index contributed by atoms with van der Waals surface area (Å²) in [5.74, 6) is 1.43. The molecule has 3 nitrogen and oxygen atoms in total. The molecule has 0 saturated heterocycles. The third kappa shape index (κ3) is 2.46. The number of nitrogens with zero attached hydrogens (tertiary/aromatic N) is 1. The highest BCUT2D eigenvalue weighted by atomic mass is 32.1. The number of rotatable bonds is 3. The summed E-state index contributed by atoms with van der Waals surface area (Å²) >= 11 is 1.57. The van der Waals surface area contributed by atoms with E-state index in [-0.39, 0.29) is 0 Å². The van der Waals surface area contributed by atoms with Crippen LogP contribution in [-0.2, 0) is 6.42 Å². The van der Waals surface area contributed by atoms with Gasteiger partial charge in [0.05, 0.1) is 5.01 Å². The van der Waals surface area contributed by atoms with Gasteiger partial charge in [-0.1, -0.05) is 0 Å². The van der Waals surface area contributed by atoms with Crippen molar-refractivity contribution < 1.29 is 9.52 Å². The molecule has 4 heteroatoms. The minimum absolute atomic E-state index is 0.519. The first-order chi connectivity index (χ1) is 7.15. The molecular weight excluding hydrogens is 210 g/mol. The van der Waals surface area contributed by atoms with Gasteiger partial charge in [0, 0.05) is 17.5 Å². The number of aliphatic hydroxyl groups excluding tert-OH is 1. The highest BCUT2D eigenvalue weighted by molar-refractivity contribution is 7.09. The maximum atomic E-state index is 9.87. The molecule has 80 valence electrons. The van der Waals surface area contributed by atoms with Crippen molar-refractivity contribution in [2.75, 3.05) is 0 Å². The van der Waals surface area contributed by atoms with Crippen LogP contribution in [0.3, 0.4) is 0 Å². The zero-order valence-corrected chi connectivity index (χ0v) is 9.54. The van der Waals surface area contributed by atoms with Crippen molar-refractivity contribution in [3.8, 4) is 0 Å². The molecule has 0 aliphatic rings. The summed E-state index contributed by atoms with van der Waals surface area (Å²) in [6, 6.07) is 3.66. The van der Waals surface area contributed by atoms with E-state index in [4.69, 9.17) is 4.42 Å². The van der Waals surface area contributed by atoms with Crippen molar-refractivity contribution >= 4 is 11.3 Å². The van der Waals surface area contributed by atoms with Crippen LogP contribution in [0, 0.1) is 13.8 Å². The second-order valence-electron chi connectivity index (χ2n) is 3.55. The van der Waals surface area contributed by atoms with E-state index in [2.05, 4.69) is 4.98 Å². The van der Waals surface area contributed by atoms with E-state index in [9.17, 15) is 5.11 Å². The van der Waals surface area contributed by atoms with Gasteiger partial charge in [-0.15, -0.1) is 11.3 Å². The van der Waals surface area contributed by atoms with Gasteiger partial charge in [-0.2, -0.15) is 0 Å². The topological polar surface area (TPSA) is 46.3 Å². The number of aliphatic hydroxyl groups is 1. The normalized spacial score (nSPS) is 13.0. The molecule has 0 spiro atoms. The molecule has 0 aromatic carbocycles. The molecule has 0 saturated carbocycles. The smallest absolute Gasteiger partial charge is 0.133 e. The standard InChI is InChI=1S/C11H13NO2S/c1-7-6-15-11(12-7)5-9(13)10-4-3-8(2)14-10/h3-4,6,9,13H,5H2,1-2H3. The summed E-state index contributed by atoms with van der Waals surface area (Å²) in [4.78, 5) is 4.30. The Balaban J connectivity index is 2.06. The Bertz CT molecular complexity index is 447. The van der Waals surface area contributed by atoms with Crippen LogP contribution >= 0.6 is 11.3 Å². The van der Waals surface area contributed by atoms with Crippen molar-refractivity contribution in [2.24, 2.45) is 0 Å². The largest absolute Gasteiger partial charge is 0.464 e. The molecule has 0 radical (unpaired) electrons. The van der Waals surface area contributed by atoms with Crippen LogP contribution in [0.15, 0.2) is 21.9 Å². The van der Waals surface area contributed by atoms with Gasteiger partial charge in [0.25, 0.3) is 0 Å². The van der Waals surface area contributed by atoms with Gasteiger partial charge in [0.15, 0.2) is 0 Å². The molecule has 1 N–H and O–H groups in total. The third-order valence-electron chi connectivity index (χ3n) is 2.12. The van der Waals surface area contributed by atoms with Crippen LogP contribution in [0.4, 0.5) is 0 Å². The minimum atomic E-state index is -0.593. The average Bonchev–Trinajstić information content (AvgIpc) is 2.75. The predicted molar refractivity (Wildman–Crippen MR) is 59.0 cm³/mol. The highest BCUT2D eigenvalue weighted by Gasteiger charge is 2.13. The lowest BCUT2D eigenvalue weighted by Crippen LogP contribution is -1.99. The Labute approximate surface area is 92.4 Å². The number of hydrogen-bond donors (Lipinski definition) is 1.